The van der Waals surface area contributed by atoms with E-state index in [0.717, 1.165) is 24.5 Å². The van der Waals surface area contributed by atoms with Crippen LogP contribution in [-0.2, 0) is 0 Å². The van der Waals surface area contributed by atoms with Crippen LogP contribution in [-0.4, -0.2) is 24.0 Å². The summed E-state index contributed by atoms with van der Waals surface area (Å²) in [6.45, 7) is 9.70. The topological polar surface area (TPSA) is 54.0 Å². The van der Waals surface area contributed by atoms with E-state index in [1.54, 1.807) is 6.07 Å². The van der Waals surface area contributed by atoms with Crippen molar-refractivity contribution in [2.24, 2.45) is 5.92 Å². The van der Waals surface area contributed by atoms with E-state index in [1.165, 1.54) is 0 Å². The first kappa shape index (κ1) is 14.5. The van der Waals surface area contributed by atoms with Crippen LogP contribution < -0.4 is 10.6 Å². The highest BCUT2D eigenvalue weighted by Crippen LogP contribution is 2.10. The lowest BCUT2D eigenvalue weighted by Crippen LogP contribution is -2.25. The third-order valence-corrected chi connectivity index (χ3v) is 2.58. The summed E-state index contributed by atoms with van der Waals surface area (Å²) in [6, 6.07) is 3.60. The highest BCUT2D eigenvalue weighted by atomic mass is 16.1. The molecule has 1 rings (SSSR count). The van der Waals surface area contributed by atoms with Crippen molar-refractivity contribution in [3.63, 3.8) is 0 Å². The summed E-state index contributed by atoms with van der Waals surface area (Å²) in [5.74, 6) is 1.33. The molecule has 0 unspecified atom stereocenters. The largest absolute Gasteiger partial charge is 0.370 e. The Bertz CT molecular complexity index is 402. The zero-order chi connectivity index (χ0) is 13.5. The van der Waals surface area contributed by atoms with E-state index >= 15 is 0 Å². The van der Waals surface area contributed by atoms with Crippen molar-refractivity contribution >= 4 is 11.7 Å². The number of aromatic nitrogens is 1. The second-order valence-electron chi connectivity index (χ2n) is 4.85. The fraction of sp³-hybridized carbons (Fsp3) is 0.571. The average molecular weight is 249 g/mol. The summed E-state index contributed by atoms with van der Waals surface area (Å²) < 4.78 is 0. The van der Waals surface area contributed by atoms with Crippen molar-refractivity contribution < 1.29 is 4.79 Å². The van der Waals surface area contributed by atoms with Crippen molar-refractivity contribution in [3.05, 3.63) is 23.4 Å². The van der Waals surface area contributed by atoms with E-state index in [1.807, 2.05) is 19.9 Å². The standard InChI is InChI=1S/C14H23N3O/c1-5-15-13-9-12(8-11(4)17-13)14(18)16-7-6-10(2)3/h8-10H,5-7H2,1-4H3,(H,15,17)(H,16,18). The number of nitrogens with zero attached hydrogens (tertiary/aromatic N) is 1. The monoisotopic (exact) mass is 249 g/mol. The number of nitrogens with one attached hydrogen (secondary N) is 2. The molecular weight excluding hydrogens is 226 g/mol. The highest BCUT2D eigenvalue weighted by Gasteiger charge is 2.08. The van der Waals surface area contributed by atoms with Gasteiger partial charge in [-0.2, -0.15) is 0 Å². The summed E-state index contributed by atoms with van der Waals surface area (Å²) >= 11 is 0. The summed E-state index contributed by atoms with van der Waals surface area (Å²) in [5.41, 5.74) is 1.52. The van der Waals surface area contributed by atoms with Crippen LogP contribution in [0.5, 0.6) is 0 Å². The van der Waals surface area contributed by atoms with Gasteiger partial charge in [0.15, 0.2) is 0 Å². The Morgan fingerprint density at radius 2 is 2.11 bits per heavy atom. The van der Waals surface area contributed by atoms with E-state index in [0.29, 0.717) is 18.0 Å². The zero-order valence-electron chi connectivity index (χ0n) is 11.7. The lowest BCUT2D eigenvalue weighted by Gasteiger charge is -2.09. The molecule has 0 saturated carbocycles. The van der Waals surface area contributed by atoms with Gasteiger partial charge >= 0.3 is 0 Å². The number of amides is 1. The van der Waals surface area contributed by atoms with Crippen LogP contribution in [0.2, 0.25) is 0 Å². The van der Waals surface area contributed by atoms with Crippen LogP contribution in [0.25, 0.3) is 0 Å². The predicted octanol–water partition coefficient (Wildman–Crippen LogP) is 2.60. The van der Waals surface area contributed by atoms with Crippen molar-refractivity contribution in [3.8, 4) is 0 Å². The molecule has 0 radical (unpaired) electrons. The Balaban J connectivity index is 2.66. The van der Waals surface area contributed by atoms with Crippen LogP contribution in [0.4, 0.5) is 5.82 Å². The minimum absolute atomic E-state index is 0.0275. The van der Waals surface area contributed by atoms with Crippen LogP contribution in [0, 0.1) is 12.8 Å². The lowest BCUT2D eigenvalue weighted by molar-refractivity contribution is 0.0952. The zero-order valence-corrected chi connectivity index (χ0v) is 11.7. The second kappa shape index (κ2) is 6.99. The van der Waals surface area contributed by atoms with Crippen LogP contribution in [0.1, 0.15) is 43.2 Å². The molecule has 1 heterocycles. The van der Waals surface area contributed by atoms with E-state index in [2.05, 4.69) is 29.5 Å². The maximum absolute atomic E-state index is 12.0. The molecule has 1 aromatic rings. The van der Waals surface area contributed by atoms with Gasteiger partial charge < -0.3 is 10.6 Å². The summed E-state index contributed by atoms with van der Waals surface area (Å²) in [6.07, 6.45) is 0.996. The molecule has 100 valence electrons. The smallest absolute Gasteiger partial charge is 0.251 e. The molecule has 0 fully saturated rings. The maximum atomic E-state index is 12.0. The first-order valence-electron chi connectivity index (χ1n) is 6.53. The molecule has 0 bridgehead atoms. The Morgan fingerprint density at radius 3 is 2.72 bits per heavy atom. The summed E-state index contributed by atoms with van der Waals surface area (Å²) in [4.78, 5) is 16.3. The highest BCUT2D eigenvalue weighted by molar-refractivity contribution is 5.94. The van der Waals surface area contributed by atoms with Gasteiger partial charge in [0, 0.05) is 24.3 Å². The average Bonchev–Trinajstić information content (AvgIpc) is 2.28. The molecule has 2 N–H and O–H groups in total. The third kappa shape index (κ3) is 4.73. The molecule has 18 heavy (non-hydrogen) atoms. The third-order valence-electron chi connectivity index (χ3n) is 2.58. The van der Waals surface area contributed by atoms with Gasteiger partial charge in [0.2, 0.25) is 0 Å². The molecule has 4 heteroatoms. The molecule has 0 aliphatic rings. The summed E-state index contributed by atoms with van der Waals surface area (Å²) in [7, 11) is 0. The number of hydrogen-bond donors (Lipinski definition) is 2. The van der Waals surface area contributed by atoms with E-state index in [9.17, 15) is 4.79 Å². The fourth-order valence-electron chi connectivity index (χ4n) is 1.65. The minimum Gasteiger partial charge on any atom is -0.370 e. The Labute approximate surface area is 109 Å². The molecule has 1 amide bonds. The Morgan fingerprint density at radius 1 is 1.39 bits per heavy atom. The van der Waals surface area contributed by atoms with Crippen molar-refractivity contribution in [2.45, 2.75) is 34.1 Å². The molecule has 0 spiro atoms. The van der Waals surface area contributed by atoms with Crippen LogP contribution in [0.3, 0.4) is 0 Å². The number of aryl methyl sites for hydroxylation is 1. The first-order valence-corrected chi connectivity index (χ1v) is 6.53. The number of carbonyl (C=O) groups is 1. The number of hydrogen-bond acceptors (Lipinski definition) is 3. The van der Waals surface area contributed by atoms with Crippen LogP contribution in [0.15, 0.2) is 12.1 Å². The van der Waals surface area contributed by atoms with Crippen LogP contribution >= 0.6 is 0 Å². The van der Waals surface area contributed by atoms with Gasteiger partial charge in [-0.3, -0.25) is 4.79 Å². The van der Waals surface area contributed by atoms with Gasteiger partial charge in [0.05, 0.1) is 0 Å². The lowest BCUT2D eigenvalue weighted by atomic mass is 10.1. The number of anilines is 1. The Hall–Kier alpha value is -1.58. The Kier molecular flexibility index (Phi) is 5.62. The van der Waals surface area contributed by atoms with Gasteiger partial charge in [0.1, 0.15) is 5.82 Å². The van der Waals surface area contributed by atoms with Crippen molar-refractivity contribution in [2.75, 3.05) is 18.4 Å². The van der Waals surface area contributed by atoms with Gasteiger partial charge in [-0.25, -0.2) is 4.98 Å². The maximum Gasteiger partial charge on any atom is 0.251 e. The molecule has 0 aliphatic heterocycles. The van der Waals surface area contributed by atoms with E-state index in [4.69, 9.17) is 0 Å². The molecule has 0 atom stereocenters. The first-order chi connectivity index (χ1) is 8.52. The van der Waals surface area contributed by atoms with Gasteiger partial charge in [-0.1, -0.05) is 13.8 Å². The molecule has 0 aromatic carbocycles. The molecular formula is C14H23N3O. The summed E-state index contributed by atoms with van der Waals surface area (Å²) in [5, 5.41) is 6.06. The van der Waals surface area contributed by atoms with Gasteiger partial charge in [-0.05, 0) is 38.3 Å². The van der Waals surface area contributed by atoms with Crippen molar-refractivity contribution in [1.29, 1.82) is 0 Å². The predicted molar refractivity (Wildman–Crippen MR) is 74.9 cm³/mol. The van der Waals surface area contributed by atoms with E-state index < -0.39 is 0 Å². The fourth-order valence-corrected chi connectivity index (χ4v) is 1.65. The molecule has 0 saturated heterocycles. The molecule has 1 aromatic heterocycles. The molecule has 4 nitrogen and oxygen atoms in total. The SMILES string of the molecule is CCNc1cc(C(=O)NCCC(C)C)cc(C)n1. The van der Waals surface area contributed by atoms with Gasteiger partial charge in [-0.15, -0.1) is 0 Å². The number of carbonyl (C=O) groups excluding carboxylic acids is 1. The minimum atomic E-state index is -0.0275. The number of pyridine rings is 1. The second-order valence-corrected chi connectivity index (χ2v) is 4.85. The quantitative estimate of drug-likeness (QED) is 0.814. The van der Waals surface area contributed by atoms with E-state index in [-0.39, 0.29) is 5.91 Å². The van der Waals surface area contributed by atoms with Crippen molar-refractivity contribution in [1.82, 2.24) is 10.3 Å². The van der Waals surface area contributed by atoms with Gasteiger partial charge in [0.25, 0.3) is 5.91 Å². The number of rotatable bonds is 6. The molecule has 0 aliphatic carbocycles. The normalized spacial score (nSPS) is 10.5.